The average Bonchev–Trinajstić information content (AvgIpc) is 3.05. The van der Waals surface area contributed by atoms with Gasteiger partial charge < -0.3 is 9.42 Å². The van der Waals surface area contributed by atoms with Crippen LogP contribution in [0.25, 0.3) is 11.4 Å². The van der Waals surface area contributed by atoms with E-state index in [4.69, 9.17) is 4.52 Å². The maximum Gasteiger partial charge on any atom is 0.262 e. The lowest BCUT2D eigenvalue weighted by molar-refractivity contribution is 0.0200. The van der Waals surface area contributed by atoms with Crippen LogP contribution < -0.4 is 5.32 Å². The Labute approximate surface area is 127 Å². The van der Waals surface area contributed by atoms with Crippen LogP contribution in [-0.4, -0.2) is 41.6 Å². The van der Waals surface area contributed by atoms with Gasteiger partial charge in [0.1, 0.15) is 0 Å². The number of nitrogens with zero attached hydrogens (tertiary/aromatic N) is 3. The molecule has 1 aliphatic rings. The van der Waals surface area contributed by atoms with Crippen LogP contribution in [0.15, 0.2) is 28.8 Å². The molecule has 1 atom stereocenters. The van der Waals surface area contributed by atoms with Gasteiger partial charge in [-0.05, 0) is 19.7 Å². The van der Waals surface area contributed by atoms with E-state index in [9.17, 15) is 8.78 Å². The van der Waals surface area contributed by atoms with E-state index in [0.717, 1.165) is 12.1 Å². The molecule has 0 amide bonds. The molecule has 1 aromatic heterocycles. The van der Waals surface area contributed by atoms with Crippen molar-refractivity contribution in [3.63, 3.8) is 0 Å². The Bertz CT molecular complexity index is 639. The van der Waals surface area contributed by atoms with Crippen molar-refractivity contribution in [2.24, 2.45) is 0 Å². The zero-order chi connectivity index (χ0) is 15.7. The maximum atomic E-state index is 13.2. The fraction of sp³-hybridized carbons (Fsp3) is 0.467. The molecule has 0 radical (unpaired) electrons. The molecular formula is C15H18F2N4O. The summed E-state index contributed by atoms with van der Waals surface area (Å²) in [4.78, 5) is 6.31. The van der Waals surface area contributed by atoms with Crippen LogP contribution in [0, 0.1) is 0 Å². The van der Waals surface area contributed by atoms with Crippen LogP contribution >= 0.6 is 0 Å². The molecule has 22 heavy (non-hydrogen) atoms. The van der Waals surface area contributed by atoms with Crippen LogP contribution in [0.3, 0.4) is 0 Å². The van der Waals surface area contributed by atoms with E-state index in [0.29, 0.717) is 5.82 Å². The normalized spacial score (nSPS) is 20.7. The molecule has 3 rings (SSSR count). The molecule has 0 aliphatic carbocycles. The molecule has 7 heteroatoms. The monoisotopic (exact) mass is 308 g/mol. The number of aromatic nitrogens is 2. The van der Waals surface area contributed by atoms with Gasteiger partial charge in [-0.1, -0.05) is 29.4 Å². The van der Waals surface area contributed by atoms with Gasteiger partial charge in [0.25, 0.3) is 5.92 Å². The zero-order valence-corrected chi connectivity index (χ0v) is 12.5. The Morgan fingerprint density at radius 2 is 2.05 bits per heavy atom. The van der Waals surface area contributed by atoms with E-state index in [-0.39, 0.29) is 18.9 Å². The fourth-order valence-corrected chi connectivity index (χ4v) is 2.51. The van der Waals surface area contributed by atoms with E-state index in [1.54, 1.807) is 0 Å². The number of rotatable bonds is 4. The first-order chi connectivity index (χ1) is 10.4. The van der Waals surface area contributed by atoms with Gasteiger partial charge in [0.15, 0.2) is 0 Å². The minimum Gasteiger partial charge on any atom is -0.337 e. The Kier molecular flexibility index (Phi) is 3.92. The summed E-state index contributed by atoms with van der Waals surface area (Å²) in [5.41, 5.74) is 1.98. The Balaban J connectivity index is 1.73. The van der Waals surface area contributed by atoms with Gasteiger partial charge >= 0.3 is 0 Å². The number of benzene rings is 1. The minimum absolute atomic E-state index is 0.213. The summed E-state index contributed by atoms with van der Waals surface area (Å²) >= 11 is 0. The smallest absolute Gasteiger partial charge is 0.262 e. The highest BCUT2D eigenvalue weighted by Gasteiger charge is 2.42. The Morgan fingerprint density at radius 1 is 1.32 bits per heavy atom. The van der Waals surface area contributed by atoms with Gasteiger partial charge in [-0.2, -0.15) is 4.98 Å². The number of hydrogen-bond donors (Lipinski definition) is 1. The summed E-state index contributed by atoms with van der Waals surface area (Å²) in [7, 11) is 4.01. The summed E-state index contributed by atoms with van der Waals surface area (Å²) < 4.78 is 31.5. The quantitative estimate of drug-likeness (QED) is 0.940. The average molecular weight is 308 g/mol. The molecule has 1 aliphatic heterocycles. The van der Waals surface area contributed by atoms with Crippen molar-refractivity contribution in [2.45, 2.75) is 24.9 Å². The van der Waals surface area contributed by atoms with E-state index >= 15 is 0 Å². The van der Waals surface area contributed by atoms with Crippen molar-refractivity contribution in [2.75, 3.05) is 20.6 Å². The summed E-state index contributed by atoms with van der Waals surface area (Å²) in [6.07, 6.45) is -0.309. The molecule has 1 N–H and O–H groups in total. The van der Waals surface area contributed by atoms with Crippen LogP contribution in [0.4, 0.5) is 8.78 Å². The summed E-state index contributed by atoms with van der Waals surface area (Å²) in [6.45, 7) is 0.494. The molecule has 118 valence electrons. The van der Waals surface area contributed by atoms with Gasteiger partial charge in [-0.3, -0.25) is 5.32 Å². The molecule has 1 unspecified atom stereocenters. The van der Waals surface area contributed by atoms with Crippen LogP contribution in [-0.2, 0) is 6.54 Å². The Morgan fingerprint density at radius 3 is 2.64 bits per heavy atom. The minimum atomic E-state index is -2.72. The number of alkyl halides is 2. The molecular weight excluding hydrogens is 290 g/mol. The molecule has 5 nitrogen and oxygen atoms in total. The highest BCUT2D eigenvalue weighted by atomic mass is 19.3. The van der Waals surface area contributed by atoms with E-state index in [1.165, 1.54) is 5.56 Å². The highest BCUT2D eigenvalue weighted by Crippen LogP contribution is 2.33. The van der Waals surface area contributed by atoms with Crippen molar-refractivity contribution >= 4 is 0 Å². The molecule has 1 fully saturated rings. The molecule has 0 saturated carbocycles. The summed E-state index contributed by atoms with van der Waals surface area (Å²) in [5.74, 6) is -2.08. The first-order valence-electron chi connectivity index (χ1n) is 7.12. The second kappa shape index (κ2) is 5.73. The van der Waals surface area contributed by atoms with Crippen LogP contribution in [0.5, 0.6) is 0 Å². The maximum absolute atomic E-state index is 13.2. The lowest BCUT2D eigenvalue weighted by atomic mass is 10.1. The van der Waals surface area contributed by atoms with Crippen LogP contribution in [0.1, 0.15) is 23.9 Å². The first-order valence-corrected chi connectivity index (χ1v) is 7.12. The largest absolute Gasteiger partial charge is 0.337 e. The van der Waals surface area contributed by atoms with Gasteiger partial charge in [0.2, 0.25) is 11.7 Å². The predicted octanol–water partition coefficient (Wildman–Crippen LogP) is 2.47. The predicted molar refractivity (Wildman–Crippen MR) is 77.4 cm³/mol. The zero-order valence-electron chi connectivity index (χ0n) is 12.5. The molecule has 1 saturated heterocycles. The van der Waals surface area contributed by atoms with E-state index in [1.807, 2.05) is 38.4 Å². The summed E-state index contributed by atoms with van der Waals surface area (Å²) in [6, 6.07) is 7.22. The molecule has 0 spiro atoms. The third-order valence-corrected chi connectivity index (χ3v) is 3.56. The van der Waals surface area contributed by atoms with Gasteiger partial charge in [0.05, 0.1) is 12.6 Å². The highest BCUT2D eigenvalue weighted by molar-refractivity contribution is 5.54. The molecule has 0 bridgehead atoms. The molecule has 1 aromatic carbocycles. The van der Waals surface area contributed by atoms with Crippen molar-refractivity contribution in [1.82, 2.24) is 20.4 Å². The molecule has 2 aromatic rings. The van der Waals surface area contributed by atoms with Crippen molar-refractivity contribution in [3.05, 3.63) is 35.7 Å². The van der Waals surface area contributed by atoms with Gasteiger partial charge in [-0.25, -0.2) is 8.78 Å². The third-order valence-electron chi connectivity index (χ3n) is 3.56. The van der Waals surface area contributed by atoms with Gasteiger partial charge in [-0.15, -0.1) is 0 Å². The second-order valence-electron chi connectivity index (χ2n) is 5.88. The lowest BCUT2D eigenvalue weighted by Gasteiger charge is -2.09. The number of nitrogens with one attached hydrogen (secondary N) is 1. The van der Waals surface area contributed by atoms with Crippen molar-refractivity contribution < 1.29 is 13.3 Å². The molecule has 2 heterocycles. The SMILES string of the molecule is CN(C)Cc1ccc(-c2noc(C3CC(F)(F)CN3)n2)cc1. The van der Waals surface area contributed by atoms with Crippen molar-refractivity contribution in [3.8, 4) is 11.4 Å². The van der Waals surface area contributed by atoms with Crippen LogP contribution in [0.2, 0.25) is 0 Å². The third kappa shape index (κ3) is 3.31. The second-order valence-corrected chi connectivity index (χ2v) is 5.88. The number of halogens is 2. The van der Waals surface area contributed by atoms with Crippen molar-refractivity contribution in [1.29, 1.82) is 0 Å². The fourth-order valence-electron chi connectivity index (χ4n) is 2.51. The number of hydrogen-bond acceptors (Lipinski definition) is 5. The van der Waals surface area contributed by atoms with Gasteiger partial charge in [0, 0.05) is 18.5 Å². The topological polar surface area (TPSA) is 54.2 Å². The first kappa shape index (κ1) is 15.1. The van der Waals surface area contributed by atoms with E-state index in [2.05, 4.69) is 20.4 Å². The van der Waals surface area contributed by atoms with E-state index < -0.39 is 12.0 Å². The summed E-state index contributed by atoms with van der Waals surface area (Å²) in [5, 5.41) is 6.59. The Hall–Kier alpha value is -1.86. The lowest BCUT2D eigenvalue weighted by Crippen LogP contribution is -2.19. The standard InChI is InChI=1S/C15H18F2N4O/c1-21(2)8-10-3-5-11(6-4-10)13-19-14(22-20-13)12-7-15(16,17)9-18-12/h3-6,12,18H,7-9H2,1-2H3.